The number of methoxy groups -OCH3 is 1. The number of hydrogen-bond donors (Lipinski definition) is 1. The van der Waals surface area contributed by atoms with Crippen LogP contribution in [-0.2, 0) is 20.8 Å². The van der Waals surface area contributed by atoms with E-state index in [1.807, 2.05) is 11.5 Å². The first-order valence-corrected chi connectivity index (χ1v) is 7.13. The molecule has 0 atom stereocenters. The third kappa shape index (κ3) is 2.36. The van der Waals surface area contributed by atoms with Crippen LogP contribution in [-0.4, -0.2) is 42.4 Å². The first-order chi connectivity index (χ1) is 10.6. The zero-order valence-electron chi connectivity index (χ0n) is 12.6. The second kappa shape index (κ2) is 5.66. The number of nitrogens with zero attached hydrogens (tertiary/aromatic N) is 2. The summed E-state index contributed by atoms with van der Waals surface area (Å²) in [6.07, 6.45) is 0. The van der Waals surface area contributed by atoms with Gasteiger partial charge < -0.3 is 14.0 Å². The minimum atomic E-state index is -0.670. The number of nitrogens with one attached hydrogen (secondary N) is 1. The van der Waals surface area contributed by atoms with Crippen molar-refractivity contribution in [3.63, 3.8) is 0 Å². The van der Waals surface area contributed by atoms with Crippen molar-refractivity contribution in [3.8, 4) is 0 Å². The van der Waals surface area contributed by atoms with Crippen LogP contribution in [0.4, 0.5) is 10.3 Å². The number of aryl methyl sites for hydroxylation is 1. The van der Waals surface area contributed by atoms with E-state index >= 15 is 0 Å². The second-order valence-electron chi connectivity index (χ2n) is 5.47. The van der Waals surface area contributed by atoms with Gasteiger partial charge in [-0.1, -0.05) is 0 Å². The average Bonchev–Trinajstić information content (AvgIpc) is 2.78. The summed E-state index contributed by atoms with van der Waals surface area (Å²) in [5, 5.41) is 2.83. The van der Waals surface area contributed by atoms with Gasteiger partial charge in [0.1, 0.15) is 11.2 Å². The Bertz CT molecular complexity index is 709. The Labute approximate surface area is 127 Å². The lowest BCUT2D eigenvalue weighted by Crippen LogP contribution is -2.54. The van der Waals surface area contributed by atoms with E-state index in [1.165, 1.54) is 12.1 Å². The van der Waals surface area contributed by atoms with Crippen LogP contribution in [0.15, 0.2) is 18.2 Å². The van der Waals surface area contributed by atoms with Crippen LogP contribution in [0, 0.1) is 11.2 Å². The predicted octanol–water partition coefficient (Wildman–Crippen LogP) is 1.80. The topological polar surface area (TPSA) is 65.4 Å². The predicted molar refractivity (Wildman–Crippen MR) is 79.1 cm³/mol. The van der Waals surface area contributed by atoms with Gasteiger partial charge in [0.2, 0.25) is 11.9 Å². The fourth-order valence-electron chi connectivity index (χ4n) is 2.66. The highest BCUT2D eigenvalue weighted by atomic mass is 19.1. The summed E-state index contributed by atoms with van der Waals surface area (Å²) in [6, 6.07) is 4.40. The molecule has 0 saturated carbocycles. The van der Waals surface area contributed by atoms with E-state index in [4.69, 9.17) is 9.47 Å². The molecule has 1 N–H and O–H groups in total. The van der Waals surface area contributed by atoms with E-state index in [0.29, 0.717) is 37.8 Å². The molecular weight excluding hydrogens is 289 g/mol. The van der Waals surface area contributed by atoms with Crippen LogP contribution in [0.25, 0.3) is 11.0 Å². The van der Waals surface area contributed by atoms with E-state index in [-0.39, 0.29) is 11.7 Å². The van der Waals surface area contributed by atoms with Gasteiger partial charge in [0, 0.05) is 19.7 Å². The molecule has 6 nitrogen and oxygen atoms in total. The first-order valence-electron chi connectivity index (χ1n) is 7.13. The summed E-state index contributed by atoms with van der Waals surface area (Å²) >= 11 is 0. The molecule has 3 rings (SSSR count). The number of hydrogen-bond acceptors (Lipinski definition) is 4. The SMILES string of the molecule is CCn1c(NC(=O)C2(COC)COC2)nc2cc(F)ccc21. The quantitative estimate of drug-likeness (QED) is 0.915. The summed E-state index contributed by atoms with van der Waals surface area (Å²) in [6.45, 7) is 3.50. The molecule has 22 heavy (non-hydrogen) atoms. The van der Waals surface area contributed by atoms with Gasteiger partial charge in [0.15, 0.2) is 0 Å². The van der Waals surface area contributed by atoms with Crippen LogP contribution < -0.4 is 5.32 Å². The standard InChI is InChI=1S/C15H18FN3O3/c1-3-19-12-5-4-10(16)6-11(12)17-14(19)18-13(20)15(7-21-2)8-22-9-15/h4-6H,3,7-9H2,1-2H3,(H,17,18,20). The average molecular weight is 307 g/mol. The number of carbonyl (C=O) groups excluding carboxylic acids is 1. The molecule has 118 valence electrons. The molecule has 2 aromatic rings. The van der Waals surface area contributed by atoms with Crippen LogP contribution in [0.1, 0.15) is 6.92 Å². The molecule has 0 aliphatic carbocycles. The monoisotopic (exact) mass is 307 g/mol. The lowest BCUT2D eigenvalue weighted by Gasteiger charge is -2.38. The highest BCUT2D eigenvalue weighted by Crippen LogP contribution is 2.30. The van der Waals surface area contributed by atoms with Crippen molar-refractivity contribution in [2.24, 2.45) is 5.41 Å². The van der Waals surface area contributed by atoms with Crippen LogP contribution in [0.3, 0.4) is 0 Å². The zero-order valence-corrected chi connectivity index (χ0v) is 12.6. The molecular formula is C15H18FN3O3. The van der Waals surface area contributed by atoms with Crippen molar-refractivity contribution < 1.29 is 18.7 Å². The zero-order chi connectivity index (χ0) is 15.7. The molecule has 0 radical (unpaired) electrons. The number of benzene rings is 1. The summed E-state index contributed by atoms with van der Waals surface area (Å²) in [5.74, 6) is -0.129. The molecule has 0 unspecified atom stereocenters. The number of ether oxygens (including phenoxy) is 2. The number of imidazole rings is 1. The van der Waals surface area contributed by atoms with E-state index in [9.17, 15) is 9.18 Å². The molecule has 1 fully saturated rings. The molecule has 1 aliphatic heterocycles. The molecule has 1 saturated heterocycles. The Hall–Kier alpha value is -1.99. The normalized spacial score (nSPS) is 16.5. The van der Waals surface area contributed by atoms with Crippen molar-refractivity contribution in [1.29, 1.82) is 0 Å². The Kier molecular flexibility index (Phi) is 3.84. The maximum absolute atomic E-state index is 13.3. The van der Waals surface area contributed by atoms with Gasteiger partial charge in [0.25, 0.3) is 0 Å². The smallest absolute Gasteiger partial charge is 0.239 e. The number of carbonyl (C=O) groups is 1. The Morgan fingerprint density at radius 1 is 1.55 bits per heavy atom. The van der Waals surface area contributed by atoms with Gasteiger partial charge in [-0.25, -0.2) is 9.37 Å². The number of aromatic nitrogens is 2. The molecule has 1 amide bonds. The highest BCUT2D eigenvalue weighted by molar-refractivity contribution is 5.96. The minimum absolute atomic E-state index is 0.189. The van der Waals surface area contributed by atoms with Crippen molar-refractivity contribution in [2.45, 2.75) is 13.5 Å². The van der Waals surface area contributed by atoms with Gasteiger partial charge in [-0.05, 0) is 19.1 Å². The van der Waals surface area contributed by atoms with Crippen molar-refractivity contribution >= 4 is 22.9 Å². The van der Waals surface area contributed by atoms with Gasteiger partial charge in [-0.2, -0.15) is 0 Å². The molecule has 1 aromatic carbocycles. The van der Waals surface area contributed by atoms with E-state index in [2.05, 4.69) is 10.3 Å². The van der Waals surface area contributed by atoms with Crippen LogP contribution in [0.5, 0.6) is 0 Å². The molecule has 2 heterocycles. The maximum atomic E-state index is 13.3. The fourth-order valence-corrected chi connectivity index (χ4v) is 2.66. The number of amides is 1. The molecule has 0 bridgehead atoms. The van der Waals surface area contributed by atoms with E-state index in [1.54, 1.807) is 13.2 Å². The van der Waals surface area contributed by atoms with Gasteiger partial charge in [-0.15, -0.1) is 0 Å². The van der Waals surface area contributed by atoms with Crippen molar-refractivity contribution in [3.05, 3.63) is 24.0 Å². The number of halogens is 1. The van der Waals surface area contributed by atoms with E-state index < -0.39 is 5.41 Å². The molecule has 1 aliphatic rings. The molecule has 7 heteroatoms. The van der Waals surface area contributed by atoms with Crippen molar-refractivity contribution in [1.82, 2.24) is 9.55 Å². The van der Waals surface area contributed by atoms with Crippen molar-refractivity contribution in [2.75, 3.05) is 32.2 Å². The van der Waals surface area contributed by atoms with E-state index in [0.717, 1.165) is 5.52 Å². The van der Waals surface area contributed by atoms with Crippen LogP contribution >= 0.6 is 0 Å². The summed E-state index contributed by atoms with van der Waals surface area (Å²) in [5.41, 5.74) is 0.629. The molecule has 0 spiro atoms. The van der Waals surface area contributed by atoms with Gasteiger partial charge in [0.05, 0.1) is 30.9 Å². The summed E-state index contributed by atoms with van der Waals surface area (Å²) in [4.78, 5) is 16.8. The van der Waals surface area contributed by atoms with Gasteiger partial charge >= 0.3 is 0 Å². The highest BCUT2D eigenvalue weighted by Gasteiger charge is 2.46. The lowest BCUT2D eigenvalue weighted by molar-refractivity contribution is -0.167. The number of fused-ring (bicyclic) bond motifs is 1. The third-order valence-corrected chi connectivity index (χ3v) is 3.91. The Morgan fingerprint density at radius 3 is 2.91 bits per heavy atom. The fraction of sp³-hybridized carbons (Fsp3) is 0.467. The maximum Gasteiger partial charge on any atom is 0.239 e. The first kappa shape index (κ1) is 14.9. The summed E-state index contributed by atoms with van der Waals surface area (Å²) < 4.78 is 25.5. The second-order valence-corrected chi connectivity index (χ2v) is 5.47. The Morgan fingerprint density at radius 2 is 2.32 bits per heavy atom. The minimum Gasteiger partial charge on any atom is -0.383 e. The Balaban J connectivity index is 1.91. The number of anilines is 1. The molecule has 1 aromatic heterocycles. The number of rotatable bonds is 5. The summed E-state index contributed by atoms with van der Waals surface area (Å²) in [7, 11) is 1.55. The lowest BCUT2D eigenvalue weighted by atomic mass is 9.86. The largest absolute Gasteiger partial charge is 0.383 e. The third-order valence-electron chi connectivity index (χ3n) is 3.91. The van der Waals surface area contributed by atoms with Gasteiger partial charge in [-0.3, -0.25) is 10.1 Å². The van der Waals surface area contributed by atoms with Crippen LogP contribution in [0.2, 0.25) is 0 Å².